The predicted molar refractivity (Wildman–Crippen MR) is 91.7 cm³/mol. The lowest BCUT2D eigenvalue weighted by Crippen LogP contribution is -2.81. The smallest absolute Gasteiger partial charge is 0.150 e. The number of hydrogen-bond donors (Lipinski definition) is 4. The van der Waals surface area contributed by atoms with Crippen molar-refractivity contribution in [3.63, 3.8) is 0 Å². The Morgan fingerprint density at radius 3 is 1.80 bits per heavy atom. The van der Waals surface area contributed by atoms with Crippen LogP contribution in [0.4, 0.5) is 0 Å². The molecule has 4 aliphatic rings. The summed E-state index contributed by atoms with van der Waals surface area (Å²) in [5.74, 6) is 0.389. The number of nitrogens with zero attached hydrogens (tertiary/aromatic N) is 2. The Balaban J connectivity index is 1.89. The molecule has 4 N–H and O–H groups in total. The molecule has 0 unspecified atom stereocenters. The number of hydrogen-bond acceptors (Lipinski definition) is 7. The van der Waals surface area contributed by atoms with Crippen LogP contribution in [0.2, 0.25) is 0 Å². The third-order valence-corrected chi connectivity index (χ3v) is 6.43. The molecule has 4 heterocycles. The van der Waals surface area contributed by atoms with Gasteiger partial charge in [-0.2, -0.15) is 0 Å². The summed E-state index contributed by atoms with van der Waals surface area (Å²) in [7, 11) is 0. The van der Waals surface area contributed by atoms with Crippen molar-refractivity contribution in [2.75, 3.05) is 32.8 Å². The second-order valence-corrected chi connectivity index (χ2v) is 8.34. The van der Waals surface area contributed by atoms with Crippen LogP contribution < -0.4 is 0 Å². The highest BCUT2D eigenvalue weighted by Gasteiger charge is 2.65. The summed E-state index contributed by atoms with van der Waals surface area (Å²) in [5, 5.41) is 39.6. The Hall–Kier alpha value is -0.570. The Morgan fingerprint density at radius 1 is 1.00 bits per heavy atom. The van der Waals surface area contributed by atoms with Crippen LogP contribution in [0, 0.1) is 10.8 Å². The minimum absolute atomic E-state index is 0.378. The maximum absolute atomic E-state index is 13.3. The molecule has 0 aliphatic carbocycles. The Kier molecular flexibility index (Phi) is 5.27. The monoisotopic (exact) mass is 356 g/mol. The van der Waals surface area contributed by atoms with Gasteiger partial charge in [0.25, 0.3) is 0 Å². The second-order valence-electron chi connectivity index (χ2n) is 8.34. The second kappa shape index (κ2) is 6.87. The lowest BCUT2D eigenvalue weighted by molar-refractivity contribution is -0.232. The van der Waals surface area contributed by atoms with Crippen molar-refractivity contribution in [3.8, 4) is 0 Å². The normalized spacial score (nSPS) is 43.3. The van der Waals surface area contributed by atoms with E-state index in [4.69, 9.17) is 5.11 Å². The summed E-state index contributed by atoms with van der Waals surface area (Å²) in [6.07, 6.45) is -0.820. The molecule has 4 fully saturated rings. The van der Waals surface area contributed by atoms with Crippen molar-refractivity contribution in [3.05, 3.63) is 0 Å². The van der Waals surface area contributed by atoms with Crippen LogP contribution in [0.1, 0.15) is 39.5 Å². The van der Waals surface area contributed by atoms with Gasteiger partial charge in [0.05, 0.1) is 23.6 Å². The first-order chi connectivity index (χ1) is 11.8. The van der Waals surface area contributed by atoms with Crippen molar-refractivity contribution in [1.82, 2.24) is 9.80 Å². The van der Waals surface area contributed by atoms with Crippen LogP contribution in [0.15, 0.2) is 0 Å². The highest BCUT2D eigenvalue weighted by Crippen LogP contribution is 2.52. The molecule has 25 heavy (non-hydrogen) atoms. The van der Waals surface area contributed by atoms with E-state index < -0.39 is 31.1 Å². The van der Waals surface area contributed by atoms with E-state index in [1.54, 1.807) is 0 Å². The Morgan fingerprint density at radius 2 is 1.44 bits per heavy atom. The van der Waals surface area contributed by atoms with Crippen LogP contribution in [0.25, 0.3) is 0 Å². The van der Waals surface area contributed by atoms with Crippen molar-refractivity contribution < 1.29 is 25.2 Å². The van der Waals surface area contributed by atoms with E-state index in [1.807, 2.05) is 0 Å². The fourth-order valence-electron chi connectivity index (χ4n) is 5.67. The lowest BCUT2D eigenvalue weighted by atomic mass is 9.57. The molecule has 7 nitrogen and oxygen atoms in total. The average Bonchev–Trinajstić information content (AvgIpc) is 2.57. The molecular weight excluding hydrogens is 324 g/mol. The molecule has 0 amide bonds. The van der Waals surface area contributed by atoms with Crippen LogP contribution in [-0.4, -0.2) is 93.3 Å². The number of Topliss-reactive ketones (excluding diaryl/α,β-unsaturated/α-hetero) is 1. The van der Waals surface area contributed by atoms with E-state index in [2.05, 4.69) is 23.6 Å². The number of carbonyl (C=O) groups excluding carboxylic acids is 1. The number of aliphatic hydroxyl groups is 4. The molecular formula is C18H32N2O5. The zero-order chi connectivity index (χ0) is 18.4. The van der Waals surface area contributed by atoms with Gasteiger partial charge >= 0.3 is 0 Å². The number of carbonyl (C=O) groups is 1. The minimum atomic E-state index is -1.41. The summed E-state index contributed by atoms with van der Waals surface area (Å²) in [6, 6.07) is 0. The molecule has 0 saturated carbocycles. The topological polar surface area (TPSA) is 104 Å². The third-order valence-electron chi connectivity index (χ3n) is 6.43. The van der Waals surface area contributed by atoms with Gasteiger partial charge in [-0.1, -0.05) is 26.7 Å². The Bertz CT molecular complexity index is 470. The number of ketones is 1. The molecule has 3 atom stereocenters. The van der Waals surface area contributed by atoms with Crippen LogP contribution in [0.3, 0.4) is 0 Å². The van der Waals surface area contributed by atoms with Crippen molar-refractivity contribution in [2.24, 2.45) is 10.8 Å². The van der Waals surface area contributed by atoms with Crippen LogP contribution in [-0.2, 0) is 4.79 Å². The highest BCUT2D eigenvalue weighted by atomic mass is 16.4. The first-order valence-electron chi connectivity index (χ1n) is 9.52. The highest BCUT2D eigenvalue weighted by molar-refractivity contribution is 5.93. The van der Waals surface area contributed by atoms with Gasteiger partial charge < -0.3 is 20.4 Å². The van der Waals surface area contributed by atoms with E-state index in [9.17, 15) is 20.1 Å². The zero-order valence-electron chi connectivity index (χ0n) is 15.3. The largest absolute Gasteiger partial charge is 0.394 e. The third kappa shape index (κ3) is 2.85. The van der Waals surface area contributed by atoms with E-state index in [1.165, 1.54) is 0 Å². The first kappa shape index (κ1) is 19.2. The maximum Gasteiger partial charge on any atom is 0.150 e. The summed E-state index contributed by atoms with van der Waals surface area (Å²) >= 11 is 0. The molecule has 4 saturated heterocycles. The van der Waals surface area contributed by atoms with E-state index in [0.717, 1.165) is 25.7 Å². The number of aliphatic hydroxyl groups excluding tert-OH is 4. The molecule has 0 radical (unpaired) electrons. The van der Waals surface area contributed by atoms with Gasteiger partial charge in [0.15, 0.2) is 0 Å². The van der Waals surface area contributed by atoms with Gasteiger partial charge in [0, 0.05) is 26.2 Å². The number of rotatable bonds is 8. The van der Waals surface area contributed by atoms with E-state index in [-0.39, 0.29) is 10.8 Å². The molecule has 0 aromatic carbocycles. The fourth-order valence-corrected chi connectivity index (χ4v) is 5.67. The minimum Gasteiger partial charge on any atom is -0.394 e. The van der Waals surface area contributed by atoms with Gasteiger partial charge in [-0.15, -0.1) is 0 Å². The molecule has 0 spiro atoms. The molecule has 4 aliphatic heterocycles. The molecule has 4 bridgehead atoms. The van der Waals surface area contributed by atoms with E-state index >= 15 is 0 Å². The van der Waals surface area contributed by atoms with Gasteiger partial charge in [-0.3, -0.25) is 14.6 Å². The average molecular weight is 356 g/mol. The summed E-state index contributed by atoms with van der Waals surface area (Å²) in [4.78, 5) is 17.6. The lowest BCUT2D eigenvalue weighted by Gasteiger charge is -2.67. The number of piperidine rings is 2. The predicted octanol–water partition coefficient (Wildman–Crippen LogP) is -0.826. The summed E-state index contributed by atoms with van der Waals surface area (Å²) in [6.45, 7) is 6.00. The standard InChI is InChI=1S/C18H32N2O5/c1-3-5-17-8-19-10-18(6-4-2,16(17)25)11-20(9-17)15(19)14(24)13(23)12(22)7-21/h12-15,21-24H,3-11H2,1-2H3/t12-,13+,14+,15?,17?,18?/m0/s1. The Labute approximate surface area is 149 Å². The fraction of sp³-hybridized carbons (Fsp3) is 0.944. The molecule has 7 heteroatoms. The van der Waals surface area contributed by atoms with Crippen molar-refractivity contribution in [2.45, 2.75) is 64.0 Å². The SMILES string of the molecule is CCCC12CN3CC(CCC)(CN(C1)C3[C@H](O)[C@H](O)[C@@H](O)CO)C2=O. The van der Waals surface area contributed by atoms with Crippen LogP contribution >= 0.6 is 0 Å². The molecule has 144 valence electrons. The van der Waals surface area contributed by atoms with E-state index in [0.29, 0.717) is 32.0 Å². The quantitative estimate of drug-likeness (QED) is 0.450. The van der Waals surface area contributed by atoms with Gasteiger partial charge in [0.2, 0.25) is 0 Å². The molecule has 0 aromatic rings. The van der Waals surface area contributed by atoms with Crippen molar-refractivity contribution >= 4 is 5.78 Å². The van der Waals surface area contributed by atoms with Crippen LogP contribution in [0.5, 0.6) is 0 Å². The summed E-state index contributed by atoms with van der Waals surface area (Å²) in [5.41, 5.74) is -0.756. The summed E-state index contributed by atoms with van der Waals surface area (Å²) < 4.78 is 0. The van der Waals surface area contributed by atoms with Crippen molar-refractivity contribution in [1.29, 1.82) is 0 Å². The maximum atomic E-state index is 13.3. The molecule has 0 aromatic heterocycles. The molecule has 4 rings (SSSR count). The van der Waals surface area contributed by atoms with Gasteiger partial charge in [-0.25, -0.2) is 0 Å². The van der Waals surface area contributed by atoms with Gasteiger partial charge in [-0.05, 0) is 12.8 Å². The zero-order valence-corrected chi connectivity index (χ0v) is 15.3. The first-order valence-corrected chi connectivity index (χ1v) is 9.52. The van der Waals surface area contributed by atoms with Gasteiger partial charge in [0.1, 0.15) is 24.1 Å².